The van der Waals surface area contributed by atoms with Crippen molar-refractivity contribution < 1.29 is 0 Å². The Morgan fingerprint density at radius 2 is 1.53 bits per heavy atom. The highest BCUT2D eigenvalue weighted by molar-refractivity contribution is 5.33. The molecule has 0 aromatic heterocycles. The quantitative estimate of drug-likeness (QED) is 0.449. The molecule has 0 N–H and O–H groups in total. The van der Waals surface area contributed by atoms with Crippen LogP contribution >= 0.6 is 0 Å². The van der Waals surface area contributed by atoms with Gasteiger partial charge in [0.1, 0.15) is 0 Å². The van der Waals surface area contributed by atoms with Crippen LogP contribution in [0.4, 0.5) is 0 Å². The monoisotopic (exact) mass is 259 g/mol. The van der Waals surface area contributed by atoms with E-state index in [-0.39, 0.29) is 0 Å². The lowest BCUT2D eigenvalue weighted by molar-refractivity contribution is 0.606. The van der Waals surface area contributed by atoms with Gasteiger partial charge < -0.3 is 0 Å². The Morgan fingerprint density at radius 3 is 2.26 bits per heavy atom. The molecular weight excluding hydrogens is 228 g/mol. The summed E-state index contributed by atoms with van der Waals surface area (Å²) >= 11 is 0. The second-order valence-electron chi connectivity index (χ2n) is 5.74. The van der Waals surface area contributed by atoms with Crippen molar-refractivity contribution in [3.63, 3.8) is 0 Å². The van der Waals surface area contributed by atoms with Gasteiger partial charge >= 0.3 is 0 Å². The van der Waals surface area contributed by atoms with Crippen molar-refractivity contribution in [3.05, 3.63) is 34.9 Å². The molecule has 0 aliphatic heterocycles. The molecule has 0 fully saturated rings. The molecule has 0 aliphatic carbocycles. The van der Waals surface area contributed by atoms with Crippen LogP contribution in [0.5, 0.6) is 0 Å². The van der Waals surface area contributed by atoms with Crippen LogP contribution < -0.4 is 0 Å². The number of aryl methyl sites for hydroxylation is 2. The fraction of sp³-hybridized carbons (Fsp3) is 0.684. The molecule has 0 spiro atoms. The van der Waals surface area contributed by atoms with Crippen molar-refractivity contribution >= 4 is 0 Å². The average molecular weight is 259 g/mol. The third-order valence-corrected chi connectivity index (χ3v) is 3.99. The third-order valence-electron chi connectivity index (χ3n) is 3.99. The van der Waals surface area contributed by atoms with Crippen molar-refractivity contribution in [2.45, 2.75) is 85.0 Å². The normalized spacial score (nSPS) is 10.9. The maximum Gasteiger partial charge on any atom is -0.0146 e. The van der Waals surface area contributed by atoms with Gasteiger partial charge in [-0.2, -0.15) is 0 Å². The van der Waals surface area contributed by atoms with E-state index in [1.807, 2.05) is 0 Å². The van der Waals surface area contributed by atoms with E-state index in [9.17, 15) is 0 Å². The van der Waals surface area contributed by atoms with Gasteiger partial charge in [-0.15, -0.1) is 0 Å². The van der Waals surface area contributed by atoms with E-state index in [1.165, 1.54) is 75.3 Å². The summed E-state index contributed by atoms with van der Waals surface area (Å²) in [6.07, 6.45) is 13.3. The molecule has 0 saturated heterocycles. The Hall–Kier alpha value is -0.780. The fourth-order valence-electron chi connectivity index (χ4n) is 2.70. The highest BCUT2D eigenvalue weighted by Gasteiger charge is 2.05. The van der Waals surface area contributed by atoms with Gasteiger partial charge in [0.15, 0.2) is 0 Å². The first-order chi connectivity index (χ1) is 9.29. The first-order valence-corrected chi connectivity index (χ1v) is 8.28. The van der Waals surface area contributed by atoms with Gasteiger partial charge in [-0.05, 0) is 55.4 Å². The molecule has 0 heteroatoms. The highest BCUT2D eigenvalue weighted by atomic mass is 14.1. The Kier molecular flexibility index (Phi) is 8.62. The van der Waals surface area contributed by atoms with Crippen LogP contribution in [0.15, 0.2) is 12.1 Å². The SMILES string of the molecule is CCCCCCCCc1[c]ccc(C)c1CCCC. The summed E-state index contributed by atoms with van der Waals surface area (Å²) < 4.78 is 0. The van der Waals surface area contributed by atoms with E-state index in [1.54, 1.807) is 5.56 Å². The minimum Gasteiger partial charge on any atom is -0.0654 e. The molecule has 1 aromatic rings. The summed E-state index contributed by atoms with van der Waals surface area (Å²) in [5, 5.41) is 0. The molecule has 0 saturated carbocycles. The van der Waals surface area contributed by atoms with Crippen LogP contribution in [-0.4, -0.2) is 0 Å². The van der Waals surface area contributed by atoms with Crippen molar-refractivity contribution in [3.8, 4) is 0 Å². The molecule has 0 nitrogen and oxygen atoms in total. The topological polar surface area (TPSA) is 0 Å². The molecule has 0 bridgehead atoms. The lowest BCUT2D eigenvalue weighted by Crippen LogP contribution is -1.98. The summed E-state index contributed by atoms with van der Waals surface area (Å²) in [4.78, 5) is 0. The molecular formula is C19H31. The Labute approximate surface area is 120 Å². The summed E-state index contributed by atoms with van der Waals surface area (Å²) in [5.41, 5.74) is 4.54. The van der Waals surface area contributed by atoms with Gasteiger partial charge in [0, 0.05) is 0 Å². The largest absolute Gasteiger partial charge is 0.0654 e. The van der Waals surface area contributed by atoms with Crippen molar-refractivity contribution in [2.24, 2.45) is 0 Å². The number of benzene rings is 1. The highest BCUT2D eigenvalue weighted by Crippen LogP contribution is 2.19. The standard InChI is InChI=1S/C19H31/c1-4-6-8-9-10-11-14-18-15-12-13-17(3)19(18)16-7-5-2/h12-13H,4-11,14,16H2,1-3H3. The zero-order chi connectivity index (χ0) is 13.9. The van der Waals surface area contributed by atoms with Crippen LogP contribution in [0.1, 0.15) is 81.9 Å². The van der Waals surface area contributed by atoms with Crippen LogP contribution in [-0.2, 0) is 12.8 Å². The summed E-state index contributed by atoms with van der Waals surface area (Å²) in [5.74, 6) is 0. The third kappa shape index (κ3) is 6.27. The minimum absolute atomic E-state index is 1.23. The van der Waals surface area contributed by atoms with E-state index in [0.717, 1.165) is 0 Å². The average Bonchev–Trinajstić information content (AvgIpc) is 2.42. The van der Waals surface area contributed by atoms with Gasteiger partial charge in [0.2, 0.25) is 0 Å². The molecule has 1 rings (SSSR count). The van der Waals surface area contributed by atoms with Crippen LogP contribution in [0.25, 0.3) is 0 Å². The minimum atomic E-state index is 1.23. The fourth-order valence-corrected chi connectivity index (χ4v) is 2.70. The number of rotatable bonds is 10. The second kappa shape index (κ2) is 10.1. The molecule has 1 aromatic carbocycles. The molecule has 107 valence electrons. The first-order valence-electron chi connectivity index (χ1n) is 8.28. The smallest absolute Gasteiger partial charge is 0.0146 e. The van der Waals surface area contributed by atoms with Gasteiger partial charge in [0.25, 0.3) is 0 Å². The molecule has 0 unspecified atom stereocenters. The predicted molar refractivity (Wildman–Crippen MR) is 85.7 cm³/mol. The number of unbranched alkanes of at least 4 members (excludes halogenated alkanes) is 6. The summed E-state index contributed by atoms with van der Waals surface area (Å²) in [6, 6.07) is 7.82. The zero-order valence-electron chi connectivity index (χ0n) is 13.2. The lowest BCUT2D eigenvalue weighted by atomic mass is 9.93. The van der Waals surface area contributed by atoms with Crippen LogP contribution in [0.2, 0.25) is 0 Å². The van der Waals surface area contributed by atoms with Crippen molar-refractivity contribution in [1.29, 1.82) is 0 Å². The van der Waals surface area contributed by atoms with Gasteiger partial charge in [-0.25, -0.2) is 0 Å². The van der Waals surface area contributed by atoms with Gasteiger partial charge in [0.05, 0.1) is 0 Å². The Morgan fingerprint density at radius 1 is 0.842 bits per heavy atom. The van der Waals surface area contributed by atoms with E-state index in [2.05, 4.69) is 39.0 Å². The number of hydrogen-bond acceptors (Lipinski definition) is 0. The van der Waals surface area contributed by atoms with Crippen molar-refractivity contribution in [2.75, 3.05) is 0 Å². The molecule has 0 aliphatic rings. The van der Waals surface area contributed by atoms with E-state index < -0.39 is 0 Å². The Balaban J connectivity index is 2.41. The van der Waals surface area contributed by atoms with E-state index >= 15 is 0 Å². The Bertz CT molecular complexity index is 338. The first kappa shape index (κ1) is 16.3. The predicted octanol–water partition coefficient (Wildman–Crippen LogP) is 6.04. The second-order valence-corrected chi connectivity index (χ2v) is 5.74. The van der Waals surface area contributed by atoms with E-state index in [4.69, 9.17) is 0 Å². The lowest BCUT2D eigenvalue weighted by Gasteiger charge is -2.12. The van der Waals surface area contributed by atoms with Crippen molar-refractivity contribution in [1.82, 2.24) is 0 Å². The number of hydrogen-bond donors (Lipinski definition) is 0. The summed E-state index contributed by atoms with van der Waals surface area (Å²) in [7, 11) is 0. The molecule has 0 heterocycles. The van der Waals surface area contributed by atoms with Crippen LogP contribution in [0.3, 0.4) is 0 Å². The molecule has 1 radical (unpaired) electrons. The maximum absolute atomic E-state index is 3.49. The maximum atomic E-state index is 3.49. The zero-order valence-corrected chi connectivity index (χ0v) is 13.2. The van der Waals surface area contributed by atoms with Crippen LogP contribution in [0, 0.1) is 13.0 Å². The van der Waals surface area contributed by atoms with Gasteiger partial charge in [-0.3, -0.25) is 0 Å². The molecule has 0 atom stereocenters. The van der Waals surface area contributed by atoms with Gasteiger partial charge in [-0.1, -0.05) is 64.5 Å². The van der Waals surface area contributed by atoms with E-state index in [0.29, 0.717) is 0 Å². The molecule has 0 amide bonds. The summed E-state index contributed by atoms with van der Waals surface area (Å²) in [6.45, 7) is 6.81. The molecule has 19 heavy (non-hydrogen) atoms.